The first-order valence-corrected chi connectivity index (χ1v) is 16.3. The Kier molecular flexibility index (Phi) is 11.5. The topological polar surface area (TPSA) is 100 Å². The summed E-state index contributed by atoms with van der Waals surface area (Å²) < 4.78 is 5.58. The van der Waals surface area contributed by atoms with Gasteiger partial charge in [-0.15, -0.1) is 10.2 Å². The van der Waals surface area contributed by atoms with Gasteiger partial charge in [0.15, 0.2) is 0 Å². The van der Waals surface area contributed by atoms with Gasteiger partial charge in [-0.2, -0.15) is 0 Å². The summed E-state index contributed by atoms with van der Waals surface area (Å²) in [6.45, 7) is 2.59. The number of hydrogen-bond donors (Lipinski definition) is 2. The SMILES string of the molecule is CCCCCCCCCCCOC(=O)c1ccccc1N=Nc1cc(C(=O)Nc2cccc3ccccc23)c(O)c2ccccc12. The number of esters is 1. The van der Waals surface area contributed by atoms with Gasteiger partial charge in [0.1, 0.15) is 11.4 Å². The molecule has 7 nitrogen and oxygen atoms in total. The lowest BCUT2D eigenvalue weighted by Gasteiger charge is -2.12. The van der Waals surface area contributed by atoms with Gasteiger partial charge in [-0.25, -0.2) is 4.79 Å². The number of unbranched alkanes of at least 4 members (excludes halogenated alkanes) is 8. The summed E-state index contributed by atoms with van der Waals surface area (Å²) in [4.78, 5) is 26.5. The monoisotopic (exact) mass is 615 g/mol. The highest BCUT2D eigenvalue weighted by molar-refractivity contribution is 6.14. The molecule has 0 fully saturated rings. The molecule has 0 aliphatic carbocycles. The molecule has 0 saturated heterocycles. The molecule has 46 heavy (non-hydrogen) atoms. The predicted octanol–water partition coefficient (Wildman–Crippen LogP) is 11.1. The third-order valence-electron chi connectivity index (χ3n) is 8.15. The largest absolute Gasteiger partial charge is 0.506 e. The molecule has 0 heterocycles. The highest BCUT2D eigenvalue weighted by atomic mass is 16.5. The first-order valence-electron chi connectivity index (χ1n) is 16.3. The van der Waals surface area contributed by atoms with Crippen LogP contribution in [0, 0.1) is 0 Å². The van der Waals surface area contributed by atoms with Crippen molar-refractivity contribution in [3.05, 3.63) is 108 Å². The maximum Gasteiger partial charge on any atom is 0.340 e. The minimum Gasteiger partial charge on any atom is -0.506 e. The van der Waals surface area contributed by atoms with Gasteiger partial charge in [0, 0.05) is 21.8 Å². The third kappa shape index (κ3) is 8.16. The molecule has 5 rings (SSSR count). The number of nitrogens with zero attached hydrogens (tertiary/aromatic N) is 2. The molecule has 5 aromatic rings. The maximum atomic E-state index is 13.5. The molecular formula is C39H41N3O4. The molecule has 1 amide bonds. The number of ether oxygens (including phenoxy) is 1. The number of hydrogen-bond acceptors (Lipinski definition) is 6. The van der Waals surface area contributed by atoms with E-state index in [-0.39, 0.29) is 11.3 Å². The molecule has 0 aromatic heterocycles. The van der Waals surface area contributed by atoms with Crippen molar-refractivity contribution in [3.8, 4) is 5.75 Å². The second-order valence-corrected chi connectivity index (χ2v) is 11.5. The Hall–Kier alpha value is -5.04. The van der Waals surface area contributed by atoms with Crippen LogP contribution in [0.1, 0.15) is 85.4 Å². The Bertz CT molecular complexity index is 1830. The van der Waals surface area contributed by atoms with E-state index in [4.69, 9.17) is 4.74 Å². The van der Waals surface area contributed by atoms with Crippen molar-refractivity contribution < 1.29 is 19.4 Å². The van der Waals surface area contributed by atoms with Crippen LogP contribution in [-0.4, -0.2) is 23.6 Å². The number of benzene rings is 5. The van der Waals surface area contributed by atoms with Gasteiger partial charge in [0.05, 0.1) is 23.4 Å². The molecule has 5 aromatic carbocycles. The number of carbonyl (C=O) groups is 2. The molecule has 0 bridgehead atoms. The Balaban J connectivity index is 1.30. The molecule has 0 unspecified atom stereocenters. The summed E-state index contributed by atoms with van der Waals surface area (Å²) in [6, 6.07) is 29.0. The summed E-state index contributed by atoms with van der Waals surface area (Å²) in [5.74, 6) is -1.07. The van der Waals surface area contributed by atoms with Crippen LogP contribution in [0.2, 0.25) is 0 Å². The quantitative estimate of drug-likeness (QED) is 0.0695. The van der Waals surface area contributed by atoms with Crippen LogP contribution >= 0.6 is 0 Å². The molecule has 0 radical (unpaired) electrons. The van der Waals surface area contributed by atoms with Crippen molar-refractivity contribution in [2.75, 3.05) is 11.9 Å². The summed E-state index contributed by atoms with van der Waals surface area (Å²) in [5.41, 5.74) is 1.76. The minimum atomic E-state index is -0.475. The van der Waals surface area contributed by atoms with Crippen LogP contribution in [0.4, 0.5) is 17.1 Å². The zero-order valence-corrected chi connectivity index (χ0v) is 26.4. The van der Waals surface area contributed by atoms with Crippen LogP contribution in [0.15, 0.2) is 107 Å². The van der Waals surface area contributed by atoms with Crippen molar-refractivity contribution in [1.82, 2.24) is 0 Å². The van der Waals surface area contributed by atoms with E-state index in [1.165, 1.54) is 44.6 Å². The predicted molar refractivity (Wildman–Crippen MR) is 186 cm³/mol. The van der Waals surface area contributed by atoms with Crippen LogP contribution in [-0.2, 0) is 4.74 Å². The van der Waals surface area contributed by atoms with Crippen LogP contribution < -0.4 is 5.32 Å². The molecule has 0 aliphatic rings. The highest BCUT2D eigenvalue weighted by Gasteiger charge is 2.19. The fourth-order valence-corrected chi connectivity index (χ4v) is 5.62. The van der Waals surface area contributed by atoms with Crippen molar-refractivity contribution in [2.24, 2.45) is 10.2 Å². The van der Waals surface area contributed by atoms with Crippen molar-refractivity contribution in [1.29, 1.82) is 0 Å². The van der Waals surface area contributed by atoms with Gasteiger partial charge in [-0.1, -0.05) is 131 Å². The number of rotatable bonds is 15. The fourth-order valence-electron chi connectivity index (χ4n) is 5.62. The normalized spacial score (nSPS) is 11.3. The second kappa shape index (κ2) is 16.3. The molecule has 2 N–H and O–H groups in total. The molecule has 0 aliphatic heterocycles. The number of phenolic OH excluding ortho intramolecular Hbond substituents is 1. The van der Waals surface area contributed by atoms with Crippen LogP contribution in [0.25, 0.3) is 21.5 Å². The molecule has 236 valence electrons. The number of aromatic hydroxyl groups is 1. The standard InChI is InChI=1S/C39H41N3O4/c1-2-3-4-5-6-7-8-9-16-26-46-39(45)32-23-14-15-24-35(32)41-42-36-27-33(37(43)31-22-13-12-21-30(31)36)38(44)40-34-25-17-19-28-18-10-11-20-29(28)34/h10-15,17-25,27,43H,2-9,16,26H2,1H3,(H,40,44). The Morgan fingerprint density at radius 3 is 2.04 bits per heavy atom. The zero-order chi connectivity index (χ0) is 32.1. The molecule has 0 atom stereocenters. The van der Waals surface area contributed by atoms with Gasteiger partial charge in [0.25, 0.3) is 5.91 Å². The summed E-state index contributed by atoms with van der Waals surface area (Å²) >= 11 is 0. The van der Waals surface area contributed by atoms with Gasteiger partial charge in [-0.05, 0) is 36.1 Å². The number of nitrogens with one attached hydrogen (secondary N) is 1. The Morgan fingerprint density at radius 2 is 1.26 bits per heavy atom. The Labute approximate surface area is 270 Å². The van der Waals surface area contributed by atoms with E-state index in [1.54, 1.807) is 42.5 Å². The van der Waals surface area contributed by atoms with Crippen LogP contribution in [0.5, 0.6) is 5.75 Å². The third-order valence-corrected chi connectivity index (χ3v) is 8.15. The summed E-state index contributed by atoms with van der Waals surface area (Å²) in [5, 5.41) is 25.9. The van der Waals surface area contributed by atoms with Crippen molar-refractivity contribution >= 4 is 50.5 Å². The first kappa shape index (κ1) is 32.4. The number of carbonyl (C=O) groups excluding carboxylic acids is 2. The van der Waals surface area contributed by atoms with Crippen molar-refractivity contribution in [3.63, 3.8) is 0 Å². The van der Waals surface area contributed by atoms with E-state index in [1.807, 2.05) is 48.5 Å². The van der Waals surface area contributed by atoms with Gasteiger partial charge in [-0.3, -0.25) is 4.79 Å². The average molecular weight is 616 g/mol. The molecule has 0 spiro atoms. The smallest absolute Gasteiger partial charge is 0.340 e. The number of amides is 1. The summed E-state index contributed by atoms with van der Waals surface area (Å²) in [7, 11) is 0. The van der Waals surface area contributed by atoms with Gasteiger partial charge < -0.3 is 15.2 Å². The number of anilines is 1. The highest BCUT2D eigenvalue weighted by Crippen LogP contribution is 2.38. The number of phenols is 1. The van der Waals surface area contributed by atoms with E-state index in [2.05, 4.69) is 22.5 Å². The number of azo groups is 1. The lowest BCUT2D eigenvalue weighted by molar-refractivity contribution is 0.0498. The van der Waals surface area contributed by atoms with E-state index in [0.29, 0.717) is 40.0 Å². The number of fused-ring (bicyclic) bond motifs is 2. The molecule has 0 saturated carbocycles. The zero-order valence-electron chi connectivity index (χ0n) is 26.4. The lowest BCUT2D eigenvalue weighted by atomic mass is 10.0. The van der Waals surface area contributed by atoms with Gasteiger partial charge in [0.2, 0.25) is 0 Å². The van der Waals surface area contributed by atoms with Crippen LogP contribution in [0.3, 0.4) is 0 Å². The maximum absolute atomic E-state index is 13.5. The first-order chi connectivity index (χ1) is 22.6. The van der Waals surface area contributed by atoms with E-state index < -0.39 is 11.9 Å². The Morgan fingerprint density at radius 1 is 0.652 bits per heavy atom. The van der Waals surface area contributed by atoms with E-state index in [9.17, 15) is 14.7 Å². The minimum absolute atomic E-state index is 0.0641. The molecular weight excluding hydrogens is 574 g/mol. The second-order valence-electron chi connectivity index (χ2n) is 11.5. The summed E-state index contributed by atoms with van der Waals surface area (Å²) in [6.07, 6.45) is 10.7. The lowest BCUT2D eigenvalue weighted by Crippen LogP contribution is -2.12. The van der Waals surface area contributed by atoms with Gasteiger partial charge >= 0.3 is 5.97 Å². The van der Waals surface area contributed by atoms with Crippen molar-refractivity contribution in [2.45, 2.75) is 64.7 Å². The average Bonchev–Trinajstić information content (AvgIpc) is 3.09. The van der Waals surface area contributed by atoms with E-state index >= 15 is 0 Å². The molecule has 7 heteroatoms. The van der Waals surface area contributed by atoms with E-state index in [0.717, 1.165) is 30.0 Å². The fraction of sp³-hybridized carbons (Fsp3) is 0.282.